The molecule has 3 unspecified atom stereocenters. The first kappa shape index (κ1) is 20.3. The van der Waals surface area contributed by atoms with Crippen LogP contribution in [0.15, 0.2) is 48.5 Å². The molecule has 1 saturated heterocycles. The molecule has 2 aromatic rings. The Balaban J connectivity index is 1.74. The van der Waals surface area contributed by atoms with E-state index in [1.165, 1.54) is 25.0 Å². The fourth-order valence-electron chi connectivity index (χ4n) is 3.85. The molecule has 3 rings (SSSR count). The van der Waals surface area contributed by atoms with E-state index in [1.54, 1.807) is 19.2 Å². The fourth-order valence-corrected chi connectivity index (χ4v) is 3.85. The molecule has 0 aromatic heterocycles. The van der Waals surface area contributed by atoms with Crippen molar-refractivity contribution in [2.45, 2.75) is 32.2 Å². The smallest absolute Gasteiger partial charge is 0.221 e. The van der Waals surface area contributed by atoms with Crippen LogP contribution in [-0.2, 0) is 4.79 Å². The Morgan fingerprint density at radius 1 is 1.18 bits per heavy atom. The summed E-state index contributed by atoms with van der Waals surface area (Å²) in [6.45, 7) is 4.20. The van der Waals surface area contributed by atoms with E-state index in [0.717, 1.165) is 30.0 Å². The quantitative estimate of drug-likeness (QED) is 0.757. The number of amides is 1. The molecule has 0 bridgehead atoms. The Hall–Kier alpha value is -2.40. The van der Waals surface area contributed by atoms with Gasteiger partial charge in [-0.15, -0.1) is 0 Å². The standard InChI is InChI=1S/C23H29FN2O2/c1-16(19-4-3-13-25-15-19)14-22(27)26-23(17-5-9-20(24)10-6-17)18-7-11-21(28-2)12-8-18/h5-12,16,19,23,25H,3-4,13-15H2,1-2H3,(H,26,27). The zero-order chi connectivity index (χ0) is 19.9. The largest absolute Gasteiger partial charge is 0.497 e. The van der Waals surface area contributed by atoms with Gasteiger partial charge in [-0.2, -0.15) is 0 Å². The lowest BCUT2D eigenvalue weighted by molar-refractivity contribution is -0.122. The van der Waals surface area contributed by atoms with Crippen molar-refractivity contribution >= 4 is 5.91 Å². The zero-order valence-corrected chi connectivity index (χ0v) is 16.6. The monoisotopic (exact) mass is 384 g/mol. The van der Waals surface area contributed by atoms with Gasteiger partial charge in [0.05, 0.1) is 13.2 Å². The lowest BCUT2D eigenvalue weighted by atomic mass is 9.85. The van der Waals surface area contributed by atoms with Crippen molar-refractivity contribution < 1.29 is 13.9 Å². The van der Waals surface area contributed by atoms with Crippen molar-refractivity contribution in [1.29, 1.82) is 0 Å². The van der Waals surface area contributed by atoms with Crippen molar-refractivity contribution in [3.05, 3.63) is 65.5 Å². The second-order valence-corrected chi connectivity index (χ2v) is 7.61. The summed E-state index contributed by atoms with van der Waals surface area (Å²) in [7, 11) is 1.62. The van der Waals surface area contributed by atoms with Crippen LogP contribution in [0.25, 0.3) is 0 Å². The van der Waals surface area contributed by atoms with E-state index in [0.29, 0.717) is 18.3 Å². The van der Waals surface area contributed by atoms with Crippen LogP contribution in [0.5, 0.6) is 5.75 Å². The molecule has 1 fully saturated rings. The van der Waals surface area contributed by atoms with Gasteiger partial charge in [-0.3, -0.25) is 4.79 Å². The molecular weight excluding hydrogens is 355 g/mol. The molecule has 1 heterocycles. The molecular formula is C23H29FN2O2. The predicted octanol–water partition coefficient (Wildman–Crippen LogP) is 4.07. The number of benzene rings is 2. The Bertz CT molecular complexity index is 755. The summed E-state index contributed by atoms with van der Waals surface area (Å²) >= 11 is 0. The number of methoxy groups -OCH3 is 1. The normalized spacial score (nSPS) is 18.9. The molecule has 2 N–H and O–H groups in total. The number of ether oxygens (including phenoxy) is 1. The van der Waals surface area contributed by atoms with Crippen LogP contribution in [-0.4, -0.2) is 26.1 Å². The molecule has 3 atom stereocenters. The van der Waals surface area contributed by atoms with E-state index >= 15 is 0 Å². The maximum absolute atomic E-state index is 13.4. The molecule has 150 valence electrons. The van der Waals surface area contributed by atoms with E-state index in [9.17, 15) is 9.18 Å². The lowest BCUT2D eigenvalue weighted by Gasteiger charge is -2.28. The molecule has 5 heteroatoms. The van der Waals surface area contributed by atoms with Gasteiger partial charge in [0.25, 0.3) is 0 Å². The number of carbonyl (C=O) groups is 1. The van der Waals surface area contributed by atoms with Crippen LogP contribution in [0.2, 0.25) is 0 Å². The first-order chi connectivity index (χ1) is 13.6. The Kier molecular flexibility index (Phi) is 7.04. The molecule has 4 nitrogen and oxygen atoms in total. The van der Waals surface area contributed by atoms with Gasteiger partial charge in [0.15, 0.2) is 0 Å². The number of hydrogen-bond acceptors (Lipinski definition) is 3. The molecule has 0 saturated carbocycles. The number of carbonyl (C=O) groups excluding carboxylic acids is 1. The molecule has 1 aliphatic rings. The van der Waals surface area contributed by atoms with Crippen molar-refractivity contribution in [1.82, 2.24) is 10.6 Å². The fraction of sp³-hybridized carbons (Fsp3) is 0.435. The minimum absolute atomic E-state index is 0.0169. The molecule has 1 aliphatic heterocycles. The Morgan fingerprint density at radius 3 is 2.39 bits per heavy atom. The predicted molar refractivity (Wildman–Crippen MR) is 109 cm³/mol. The van der Waals surface area contributed by atoms with Crippen LogP contribution in [0.1, 0.15) is 43.4 Å². The third kappa shape index (κ3) is 5.32. The van der Waals surface area contributed by atoms with Gasteiger partial charge < -0.3 is 15.4 Å². The topological polar surface area (TPSA) is 50.4 Å². The van der Waals surface area contributed by atoms with Gasteiger partial charge in [-0.05, 0) is 73.2 Å². The van der Waals surface area contributed by atoms with E-state index in [2.05, 4.69) is 17.6 Å². The van der Waals surface area contributed by atoms with Crippen LogP contribution in [0.3, 0.4) is 0 Å². The highest BCUT2D eigenvalue weighted by molar-refractivity contribution is 5.77. The summed E-state index contributed by atoms with van der Waals surface area (Å²) in [5.41, 5.74) is 1.79. The van der Waals surface area contributed by atoms with Gasteiger partial charge in [-0.1, -0.05) is 31.2 Å². The second kappa shape index (κ2) is 9.69. The summed E-state index contributed by atoms with van der Waals surface area (Å²) in [6.07, 6.45) is 2.82. The summed E-state index contributed by atoms with van der Waals surface area (Å²) < 4.78 is 18.6. The molecule has 28 heavy (non-hydrogen) atoms. The van der Waals surface area contributed by atoms with Gasteiger partial charge >= 0.3 is 0 Å². The van der Waals surface area contributed by atoms with Crippen LogP contribution >= 0.6 is 0 Å². The van der Waals surface area contributed by atoms with Crippen molar-refractivity contribution in [3.63, 3.8) is 0 Å². The maximum atomic E-state index is 13.4. The number of nitrogens with one attached hydrogen (secondary N) is 2. The van der Waals surface area contributed by atoms with Crippen molar-refractivity contribution in [2.24, 2.45) is 11.8 Å². The lowest BCUT2D eigenvalue weighted by Crippen LogP contribution is -2.36. The zero-order valence-electron chi connectivity index (χ0n) is 16.6. The van der Waals surface area contributed by atoms with Crippen LogP contribution in [0, 0.1) is 17.7 Å². The van der Waals surface area contributed by atoms with Gasteiger partial charge in [0, 0.05) is 6.42 Å². The molecule has 0 radical (unpaired) electrons. The van der Waals surface area contributed by atoms with E-state index in [-0.39, 0.29) is 17.8 Å². The summed E-state index contributed by atoms with van der Waals surface area (Å²) in [4.78, 5) is 12.8. The Labute approximate surface area is 166 Å². The summed E-state index contributed by atoms with van der Waals surface area (Å²) in [5.74, 6) is 1.33. The van der Waals surface area contributed by atoms with E-state index in [1.807, 2.05) is 24.3 Å². The number of hydrogen-bond donors (Lipinski definition) is 2. The van der Waals surface area contributed by atoms with Crippen LogP contribution in [0.4, 0.5) is 4.39 Å². The summed E-state index contributed by atoms with van der Waals surface area (Å²) in [6, 6.07) is 13.6. The average molecular weight is 384 g/mol. The molecule has 0 aliphatic carbocycles. The van der Waals surface area contributed by atoms with Crippen molar-refractivity contribution in [3.8, 4) is 5.75 Å². The third-order valence-electron chi connectivity index (χ3n) is 5.60. The number of halogens is 1. The molecule has 2 aromatic carbocycles. The molecule has 0 spiro atoms. The van der Waals surface area contributed by atoms with E-state index < -0.39 is 0 Å². The summed E-state index contributed by atoms with van der Waals surface area (Å²) in [5, 5.41) is 6.57. The number of piperidine rings is 1. The van der Waals surface area contributed by atoms with Crippen LogP contribution < -0.4 is 15.4 Å². The maximum Gasteiger partial charge on any atom is 0.221 e. The first-order valence-electron chi connectivity index (χ1n) is 9.96. The SMILES string of the molecule is COc1ccc(C(NC(=O)CC(C)C2CCCNC2)c2ccc(F)cc2)cc1. The minimum Gasteiger partial charge on any atom is -0.497 e. The van der Waals surface area contributed by atoms with Gasteiger partial charge in [0.1, 0.15) is 11.6 Å². The minimum atomic E-state index is -0.323. The van der Waals surface area contributed by atoms with Gasteiger partial charge in [-0.25, -0.2) is 4.39 Å². The third-order valence-corrected chi connectivity index (χ3v) is 5.60. The molecule has 1 amide bonds. The highest BCUT2D eigenvalue weighted by Crippen LogP contribution is 2.26. The first-order valence-corrected chi connectivity index (χ1v) is 9.96. The second-order valence-electron chi connectivity index (χ2n) is 7.61. The van der Waals surface area contributed by atoms with Gasteiger partial charge in [0.2, 0.25) is 5.91 Å². The highest BCUT2D eigenvalue weighted by atomic mass is 19.1. The van der Waals surface area contributed by atoms with E-state index in [4.69, 9.17) is 4.74 Å². The number of rotatable bonds is 7. The average Bonchev–Trinajstić information content (AvgIpc) is 2.73. The Morgan fingerprint density at radius 2 is 1.82 bits per heavy atom. The highest BCUT2D eigenvalue weighted by Gasteiger charge is 2.24. The van der Waals surface area contributed by atoms with Crippen molar-refractivity contribution in [2.75, 3.05) is 20.2 Å².